The average Bonchev–Trinajstić information content (AvgIpc) is 2.60. The SMILES string of the molecule is CNC(CCCCN)C(=O)NCCOCCOCC(=O)NC(C)CO. The number of nitrogens with two attached hydrogens (primary N) is 1. The third-order valence-electron chi connectivity index (χ3n) is 3.44. The second-order valence-corrected chi connectivity index (χ2v) is 5.73. The van der Waals surface area contributed by atoms with E-state index in [1.165, 1.54) is 0 Å². The largest absolute Gasteiger partial charge is 0.394 e. The molecular formula is C16H34N4O5. The molecule has 2 atom stereocenters. The van der Waals surface area contributed by atoms with E-state index in [1.54, 1.807) is 14.0 Å². The Bertz CT molecular complexity index is 357. The fourth-order valence-corrected chi connectivity index (χ4v) is 2.02. The van der Waals surface area contributed by atoms with Gasteiger partial charge in [0.2, 0.25) is 11.8 Å². The molecule has 25 heavy (non-hydrogen) atoms. The first-order chi connectivity index (χ1) is 12.0. The molecule has 9 nitrogen and oxygen atoms in total. The minimum absolute atomic E-state index is 0.0472. The number of amides is 2. The van der Waals surface area contributed by atoms with Crippen LogP contribution in [0.4, 0.5) is 0 Å². The first-order valence-electron chi connectivity index (χ1n) is 8.75. The van der Waals surface area contributed by atoms with E-state index in [9.17, 15) is 9.59 Å². The second kappa shape index (κ2) is 16.2. The molecule has 148 valence electrons. The average molecular weight is 362 g/mol. The van der Waals surface area contributed by atoms with Gasteiger partial charge in [0.15, 0.2) is 0 Å². The third-order valence-corrected chi connectivity index (χ3v) is 3.44. The molecule has 6 N–H and O–H groups in total. The summed E-state index contributed by atoms with van der Waals surface area (Å²) in [7, 11) is 1.76. The minimum atomic E-state index is -0.285. The van der Waals surface area contributed by atoms with E-state index in [0.717, 1.165) is 19.3 Å². The molecule has 0 rings (SSSR count). The van der Waals surface area contributed by atoms with Gasteiger partial charge in [0, 0.05) is 12.6 Å². The zero-order chi connectivity index (χ0) is 18.9. The van der Waals surface area contributed by atoms with E-state index in [1.807, 2.05) is 0 Å². The van der Waals surface area contributed by atoms with Crippen LogP contribution in [0, 0.1) is 0 Å². The first kappa shape index (κ1) is 23.7. The van der Waals surface area contributed by atoms with Crippen LogP contribution >= 0.6 is 0 Å². The lowest BCUT2D eigenvalue weighted by molar-refractivity contribution is -0.127. The summed E-state index contributed by atoms with van der Waals surface area (Å²) in [6.45, 7) is 3.57. The molecule has 0 aliphatic carbocycles. The topological polar surface area (TPSA) is 135 Å². The van der Waals surface area contributed by atoms with Crippen LogP contribution in [0.15, 0.2) is 0 Å². The lowest BCUT2D eigenvalue weighted by atomic mass is 10.1. The number of hydrogen-bond donors (Lipinski definition) is 5. The number of carbonyl (C=O) groups is 2. The predicted octanol–water partition coefficient (Wildman–Crippen LogP) is -1.65. The van der Waals surface area contributed by atoms with Gasteiger partial charge in [0.05, 0.1) is 32.5 Å². The van der Waals surface area contributed by atoms with Gasteiger partial charge in [0.1, 0.15) is 6.61 Å². The molecule has 0 heterocycles. The summed E-state index contributed by atoms with van der Waals surface area (Å²) < 4.78 is 10.5. The maximum atomic E-state index is 11.9. The molecule has 0 aromatic rings. The van der Waals surface area contributed by atoms with Crippen molar-refractivity contribution in [3.05, 3.63) is 0 Å². The summed E-state index contributed by atoms with van der Waals surface area (Å²) >= 11 is 0. The number of carbonyl (C=O) groups excluding carboxylic acids is 2. The summed E-state index contributed by atoms with van der Waals surface area (Å²) in [4.78, 5) is 23.3. The van der Waals surface area contributed by atoms with Gasteiger partial charge in [-0.3, -0.25) is 9.59 Å². The molecule has 0 fully saturated rings. The summed E-state index contributed by atoms with van der Waals surface area (Å²) in [6.07, 6.45) is 2.57. The summed E-state index contributed by atoms with van der Waals surface area (Å²) in [5.41, 5.74) is 5.44. The van der Waals surface area contributed by atoms with Crippen LogP contribution in [0.2, 0.25) is 0 Å². The van der Waals surface area contributed by atoms with Crippen molar-refractivity contribution < 1.29 is 24.2 Å². The van der Waals surface area contributed by atoms with Gasteiger partial charge in [-0.25, -0.2) is 0 Å². The van der Waals surface area contributed by atoms with Crippen LogP contribution in [-0.4, -0.2) is 82.2 Å². The van der Waals surface area contributed by atoms with Crippen molar-refractivity contribution in [2.24, 2.45) is 5.73 Å². The number of aliphatic hydroxyl groups excluding tert-OH is 1. The zero-order valence-corrected chi connectivity index (χ0v) is 15.4. The maximum Gasteiger partial charge on any atom is 0.246 e. The molecule has 0 aliphatic heterocycles. The normalized spacial score (nSPS) is 13.3. The highest BCUT2D eigenvalue weighted by atomic mass is 16.5. The number of unbranched alkanes of at least 4 members (excludes halogenated alkanes) is 1. The lowest BCUT2D eigenvalue weighted by Gasteiger charge is -2.16. The standard InChI is InChI=1S/C16H34N4O5/c1-13(11-21)20-15(22)12-25-10-9-24-8-7-19-16(23)14(18-2)5-3-4-6-17/h13-14,18,21H,3-12,17H2,1-2H3,(H,19,23)(H,20,22). The molecule has 9 heteroatoms. The van der Waals surface area contributed by atoms with E-state index in [0.29, 0.717) is 26.3 Å². The lowest BCUT2D eigenvalue weighted by Crippen LogP contribution is -2.43. The van der Waals surface area contributed by atoms with E-state index in [4.69, 9.17) is 20.3 Å². The highest BCUT2D eigenvalue weighted by molar-refractivity contribution is 5.81. The van der Waals surface area contributed by atoms with Crippen molar-refractivity contribution in [1.82, 2.24) is 16.0 Å². The van der Waals surface area contributed by atoms with E-state index >= 15 is 0 Å². The van der Waals surface area contributed by atoms with E-state index < -0.39 is 0 Å². The summed E-state index contributed by atoms with van der Waals surface area (Å²) in [5.74, 6) is -0.324. The van der Waals surface area contributed by atoms with Crippen LogP contribution in [0.5, 0.6) is 0 Å². The van der Waals surface area contributed by atoms with Crippen molar-refractivity contribution in [1.29, 1.82) is 0 Å². The monoisotopic (exact) mass is 362 g/mol. The van der Waals surface area contributed by atoms with Gasteiger partial charge in [-0.2, -0.15) is 0 Å². The van der Waals surface area contributed by atoms with Crippen molar-refractivity contribution in [3.8, 4) is 0 Å². The Hall–Kier alpha value is -1.26. The highest BCUT2D eigenvalue weighted by Gasteiger charge is 2.14. The minimum Gasteiger partial charge on any atom is -0.394 e. The number of ether oxygens (including phenoxy) is 2. The number of aliphatic hydroxyl groups is 1. The quantitative estimate of drug-likeness (QED) is 0.208. The van der Waals surface area contributed by atoms with Gasteiger partial charge in [0.25, 0.3) is 0 Å². The van der Waals surface area contributed by atoms with Crippen LogP contribution in [0.1, 0.15) is 26.2 Å². The Morgan fingerprint density at radius 2 is 1.88 bits per heavy atom. The van der Waals surface area contributed by atoms with Gasteiger partial charge in [-0.05, 0) is 33.4 Å². The molecule has 0 bridgehead atoms. The summed E-state index contributed by atoms with van der Waals surface area (Å²) in [5, 5.41) is 17.2. The Labute approximate surface area is 150 Å². The number of nitrogens with one attached hydrogen (secondary N) is 3. The van der Waals surface area contributed by atoms with Crippen molar-refractivity contribution >= 4 is 11.8 Å². The van der Waals surface area contributed by atoms with E-state index in [2.05, 4.69) is 16.0 Å². The molecule has 0 aromatic heterocycles. The van der Waals surface area contributed by atoms with Crippen LogP contribution in [-0.2, 0) is 19.1 Å². The Balaban J connectivity index is 3.56. The zero-order valence-electron chi connectivity index (χ0n) is 15.4. The fraction of sp³-hybridized carbons (Fsp3) is 0.875. The Kier molecular flexibility index (Phi) is 15.4. The van der Waals surface area contributed by atoms with E-state index in [-0.39, 0.29) is 43.7 Å². The van der Waals surface area contributed by atoms with Gasteiger partial charge < -0.3 is 36.3 Å². The van der Waals surface area contributed by atoms with Crippen molar-refractivity contribution in [3.63, 3.8) is 0 Å². The molecule has 0 saturated carbocycles. The molecule has 0 aliphatic rings. The van der Waals surface area contributed by atoms with Crippen molar-refractivity contribution in [2.45, 2.75) is 38.3 Å². The third kappa shape index (κ3) is 13.7. The molecule has 0 saturated heterocycles. The Morgan fingerprint density at radius 3 is 2.52 bits per heavy atom. The first-order valence-corrected chi connectivity index (χ1v) is 8.75. The number of hydrogen-bond acceptors (Lipinski definition) is 7. The summed E-state index contributed by atoms with van der Waals surface area (Å²) in [6, 6.07) is -0.498. The number of likely N-dealkylation sites (N-methyl/N-ethyl adjacent to an activating group) is 1. The predicted molar refractivity (Wildman–Crippen MR) is 95.1 cm³/mol. The van der Waals surface area contributed by atoms with Crippen LogP contribution in [0.25, 0.3) is 0 Å². The van der Waals surface area contributed by atoms with Gasteiger partial charge >= 0.3 is 0 Å². The molecule has 0 aromatic carbocycles. The van der Waals surface area contributed by atoms with Gasteiger partial charge in [-0.15, -0.1) is 0 Å². The van der Waals surface area contributed by atoms with Crippen LogP contribution in [0.3, 0.4) is 0 Å². The van der Waals surface area contributed by atoms with Gasteiger partial charge in [-0.1, -0.05) is 6.42 Å². The molecule has 0 radical (unpaired) electrons. The molecule has 2 amide bonds. The second-order valence-electron chi connectivity index (χ2n) is 5.73. The Morgan fingerprint density at radius 1 is 1.16 bits per heavy atom. The molecular weight excluding hydrogens is 328 g/mol. The maximum absolute atomic E-state index is 11.9. The number of rotatable bonds is 16. The van der Waals surface area contributed by atoms with Crippen molar-refractivity contribution in [2.75, 3.05) is 53.2 Å². The fourth-order valence-electron chi connectivity index (χ4n) is 2.02. The highest BCUT2D eigenvalue weighted by Crippen LogP contribution is 1.99. The molecule has 2 unspecified atom stereocenters. The smallest absolute Gasteiger partial charge is 0.246 e. The molecule has 0 spiro atoms. The van der Waals surface area contributed by atoms with Crippen LogP contribution < -0.4 is 21.7 Å².